The van der Waals surface area contributed by atoms with Gasteiger partial charge in [-0.25, -0.2) is 4.79 Å². The number of carbonyl (C=O) groups is 2. The van der Waals surface area contributed by atoms with E-state index < -0.39 is 6.09 Å². The molecule has 1 heterocycles. The molecule has 0 radical (unpaired) electrons. The average molecular weight is 275 g/mol. The first kappa shape index (κ1) is 13.3. The van der Waals surface area contributed by atoms with E-state index in [1.807, 2.05) is 37.3 Å². The molecule has 0 spiro atoms. The molecule has 0 aliphatic heterocycles. The summed E-state index contributed by atoms with van der Waals surface area (Å²) in [5.74, 6) is 0. The zero-order chi connectivity index (χ0) is 13.8. The highest BCUT2D eigenvalue weighted by Crippen LogP contribution is 2.29. The SMILES string of the molecule is Cc1sc(C=O)cc1N(Cc1ccccc1)C(=O)O. The minimum absolute atomic E-state index is 0.270. The summed E-state index contributed by atoms with van der Waals surface area (Å²) in [5.41, 5.74) is 1.48. The highest BCUT2D eigenvalue weighted by atomic mass is 32.1. The number of aldehydes is 1. The summed E-state index contributed by atoms with van der Waals surface area (Å²) in [7, 11) is 0. The fourth-order valence-corrected chi connectivity index (χ4v) is 2.69. The van der Waals surface area contributed by atoms with Crippen LogP contribution in [-0.4, -0.2) is 17.5 Å². The van der Waals surface area contributed by atoms with Gasteiger partial charge in [-0.1, -0.05) is 30.3 Å². The number of thiophene rings is 1. The Balaban J connectivity index is 2.32. The van der Waals surface area contributed by atoms with Crippen LogP contribution < -0.4 is 4.90 Å². The van der Waals surface area contributed by atoms with Gasteiger partial charge in [-0.15, -0.1) is 11.3 Å². The monoisotopic (exact) mass is 275 g/mol. The van der Waals surface area contributed by atoms with E-state index in [2.05, 4.69) is 0 Å². The van der Waals surface area contributed by atoms with Crippen LogP contribution in [0.2, 0.25) is 0 Å². The summed E-state index contributed by atoms with van der Waals surface area (Å²) < 4.78 is 0. The number of hydrogen-bond acceptors (Lipinski definition) is 3. The number of rotatable bonds is 4. The maximum atomic E-state index is 11.4. The summed E-state index contributed by atoms with van der Waals surface area (Å²) >= 11 is 1.30. The topological polar surface area (TPSA) is 57.6 Å². The van der Waals surface area contributed by atoms with Crippen LogP contribution in [0.4, 0.5) is 10.5 Å². The van der Waals surface area contributed by atoms with Gasteiger partial charge in [0.2, 0.25) is 0 Å². The predicted molar refractivity (Wildman–Crippen MR) is 75.1 cm³/mol. The molecule has 0 fully saturated rings. The highest BCUT2D eigenvalue weighted by Gasteiger charge is 2.19. The Bertz CT molecular complexity index is 592. The predicted octanol–water partition coefficient (Wildman–Crippen LogP) is 3.55. The Morgan fingerprint density at radius 2 is 2.05 bits per heavy atom. The van der Waals surface area contributed by atoms with Crippen LogP contribution in [0, 0.1) is 6.92 Å². The van der Waals surface area contributed by atoms with Crippen molar-refractivity contribution in [1.29, 1.82) is 0 Å². The molecule has 0 atom stereocenters. The lowest BCUT2D eigenvalue weighted by Gasteiger charge is -2.19. The number of hydrogen-bond donors (Lipinski definition) is 1. The Morgan fingerprint density at radius 1 is 1.37 bits per heavy atom. The van der Waals surface area contributed by atoms with Crippen molar-refractivity contribution in [2.75, 3.05) is 4.90 Å². The lowest BCUT2D eigenvalue weighted by Crippen LogP contribution is -2.28. The van der Waals surface area contributed by atoms with Gasteiger partial charge in [0.1, 0.15) is 0 Å². The molecular formula is C14H13NO3S. The summed E-state index contributed by atoms with van der Waals surface area (Å²) in [5, 5.41) is 9.34. The van der Waals surface area contributed by atoms with E-state index in [0.29, 0.717) is 10.6 Å². The minimum atomic E-state index is -1.03. The van der Waals surface area contributed by atoms with E-state index in [9.17, 15) is 14.7 Å². The molecule has 98 valence electrons. The Kier molecular flexibility index (Phi) is 3.97. The third-order valence-electron chi connectivity index (χ3n) is 2.73. The average Bonchev–Trinajstić information content (AvgIpc) is 2.78. The second-order valence-electron chi connectivity index (χ2n) is 4.06. The Labute approximate surface area is 114 Å². The van der Waals surface area contributed by atoms with Crippen molar-refractivity contribution in [2.45, 2.75) is 13.5 Å². The lowest BCUT2D eigenvalue weighted by atomic mass is 10.2. The van der Waals surface area contributed by atoms with Gasteiger partial charge in [0.05, 0.1) is 17.1 Å². The van der Waals surface area contributed by atoms with Gasteiger partial charge in [0, 0.05) is 4.88 Å². The van der Waals surface area contributed by atoms with Crippen LogP contribution in [0.1, 0.15) is 20.1 Å². The van der Waals surface area contributed by atoms with E-state index in [-0.39, 0.29) is 6.54 Å². The zero-order valence-electron chi connectivity index (χ0n) is 10.4. The summed E-state index contributed by atoms with van der Waals surface area (Å²) in [6.45, 7) is 2.08. The molecule has 0 unspecified atom stereocenters. The van der Waals surface area contributed by atoms with Gasteiger partial charge in [0.25, 0.3) is 0 Å². The molecule has 0 aliphatic rings. The standard InChI is InChI=1S/C14H13NO3S/c1-10-13(7-12(9-16)19-10)15(14(17)18)8-11-5-3-2-4-6-11/h2-7,9H,8H2,1H3,(H,17,18). The maximum absolute atomic E-state index is 11.4. The van der Waals surface area contributed by atoms with Gasteiger partial charge in [-0.2, -0.15) is 0 Å². The van der Waals surface area contributed by atoms with Crippen LogP contribution in [0.15, 0.2) is 36.4 Å². The van der Waals surface area contributed by atoms with E-state index in [1.165, 1.54) is 16.2 Å². The van der Waals surface area contributed by atoms with E-state index in [0.717, 1.165) is 16.7 Å². The first-order valence-corrected chi connectivity index (χ1v) is 6.53. The van der Waals surface area contributed by atoms with Crippen LogP contribution in [-0.2, 0) is 6.54 Å². The molecule has 2 rings (SSSR count). The molecule has 1 N–H and O–H groups in total. The Hall–Kier alpha value is -2.14. The van der Waals surface area contributed by atoms with Gasteiger partial charge in [0.15, 0.2) is 6.29 Å². The molecule has 1 amide bonds. The second-order valence-corrected chi connectivity index (χ2v) is 5.35. The van der Waals surface area contributed by atoms with Crippen LogP contribution in [0.5, 0.6) is 0 Å². The van der Waals surface area contributed by atoms with E-state index in [1.54, 1.807) is 6.07 Å². The van der Waals surface area contributed by atoms with E-state index >= 15 is 0 Å². The number of carboxylic acid groups (broad SMARTS) is 1. The largest absolute Gasteiger partial charge is 0.465 e. The molecular weight excluding hydrogens is 262 g/mol. The molecule has 0 saturated heterocycles. The fraction of sp³-hybridized carbons (Fsp3) is 0.143. The van der Waals surface area contributed by atoms with Crippen molar-refractivity contribution in [1.82, 2.24) is 0 Å². The van der Waals surface area contributed by atoms with Crippen molar-refractivity contribution in [3.63, 3.8) is 0 Å². The fourth-order valence-electron chi connectivity index (χ4n) is 1.84. The van der Waals surface area contributed by atoms with Crippen molar-refractivity contribution >= 4 is 29.4 Å². The highest BCUT2D eigenvalue weighted by molar-refractivity contribution is 7.14. The molecule has 5 heteroatoms. The smallest absolute Gasteiger partial charge is 0.412 e. The molecule has 0 saturated carbocycles. The number of amides is 1. The number of nitrogens with zero attached hydrogens (tertiary/aromatic N) is 1. The third-order valence-corrected chi connectivity index (χ3v) is 3.70. The summed E-state index contributed by atoms with van der Waals surface area (Å²) in [6, 6.07) is 11.0. The third kappa shape index (κ3) is 3.00. The van der Waals surface area contributed by atoms with Gasteiger partial charge in [-0.3, -0.25) is 9.69 Å². The van der Waals surface area contributed by atoms with Crippen molar-refractivity contribution in [3.8, 4) is 0 Å². The zero-order valence-corrected chi connectivity index (χ0v) is 11.2. The number of aryl methyl sites for hydroxylation is 1. The number of carbonyl (C=O) groups excluding carboxylic acids is 1. The molecule has 0 aliphatic carbocycles. The van der Waals surface area contributed by atoms with Gasteiger partial charge in [-0.05, 0) is 18.6 Å². The number of anilines is 1. The van der Waals surface area contributed by atoms with Crippen molar-refractivity contribution in [3.05, 3.63) is 51.7 Å². The first-order chi connectivity index (χ1) is 9.11. The van der Waals surface area contributed by atoms with Crippen LogP contribution in [0.25, 0.3) is 0 Å². The van der Waals surface area contributed by atoms with Gasteiger partial charge >= 0.3 is 6.09 Å². The number of benzene rings is 1. The first-order valence-electron chi connectivity index (χ1n) is 5.72. The van der Waals surface area contributed by atoms with Crippen LogP contribution in [0.3, 0.4) is 0 Å². The second kappa shape index (κ2) is 5.67. The summed E-state index contributed by atoms with van der Waals surface area (Å²) in [6.07, 6.45) is -0.286. The molecule has 1 aromatic carbocycles. The lowest BCUT2D eigenvalue weighted by molar-refractivity contribution is 0.112. The molecule has 1 aromatic heterocycles. The van der Waals surface area contributed by atoms with Crippen molar-refractivity contribution in [2.24, 2.45) is 0 Å². The van der Waals surface area contributed by atoms with Crippen LogP contribution >= 0.6 is 11.3 Å². The van der Waals surface area contributed by atoms with Gasteiger partial charge < -0.3 is 5.11 Å². The van der Waals surface area contributed by atoms with Crippen molar-refractivity contribution < 1.29 is 14.7 Å². The molecule has 19 heavy (non-hydrogen) atoms. The summed E-state index contributed by atoms with van der Waals surface area (Å²) in [4.78, 5) is 24.8. The minimum Gasteiger partial charge on any atom is -0.465 e. The van der Waals surface area contributed by atoms with E-state index in [4.69, 9.17) is 0 Å². The quantitative estimate of drug-likeness (QED) is 0.868. The maximum Gasteiger partial charge on any atom is 0.412 e. The normalized spacial score (nSPS) is 10.2. The molecule has 2 aromatic rings. The Morgan fingerprint density at radius 3 is 2.58 bits per heavy atom. The molecule has 0 bridgehead atoms. The molecule has 4 nitrogen and oxygen atoms in total.